The van der Waals surface area contributed by atoms with Gasteiger partial charge in [-0.1, -0.05) is 12.8 Å². The Labute approximate surface area is 119 Å². The molecule has 0 amide bonds. The van der Waals surface area contributed by atoms with Crippen molar-refractivity contribution >= 4 is 23.3 Å². The maximum Gasteiger partial charge on any atom is 0.291 e. The predicted molar refractivity (Wildman–Crippen MR) is 73.5 cm³/mol. The molecule has 7 nitrogen and oxygen atoms in total. The number of nitrogens with zero attached hydrogens (tertiary/aromatic N) is 3. The molecule has 1 aliphatic carbocycles. The van der Waals surface area contributed by atoms with Gasteiger partial charge in [0.15, 0.2) is 0 Å². The van der Waals surface area contributed by atoms with Crippen molar-refractivity contribution in [1.82, 2.24) is 4.31 Å². The first kappa shape index (κ1) is 13.3. The second-order valence-electron chi connectivity index (χ2n) is 5.04. The molecule has 0 radical (unpaired) electrons. The fraction of sp³-hybridized carbons (Fsp3) is 0.500. The molecule has 1 heterocycles. The van der Waals surface area contributed by atoms with Crippen LogP contribution in [0.15, 0.2) is 23.1 Å². The van der Waals surface area contributed by atoms with Crippen LogP contribution in [-0.2, 0) is 0 Å². The number of non-ortho nitro benzene ring substituents is 1. The van der Waals surface area contributed by atoms with E-state index in [-0.39, 0.29) is 11.4 Å². The maximum atomic E-state index is 11.1. The molecule has 1 saturated carbocycles. The summed E-state index contributed by atoms with van der Waals surface area (Å²) in [6.45, 7) is 0. The molecule has 3 rings (SSSR count). The van der Waals surface area contributed by atoms with Crippen molar-refractivity contribution in [3.63, 3.8) is 0 Å². The highest BCUT2D eigenvalue weighted by molar-refractivity contribution is 7.97. The topological polar surface area (TPSA) is 89.3 Å². The van der Waals surface area contributed by atoms with Crippen LogP contribution in [0.25, 0.3) is 0 Å². The maximum absolute atomic E-state index is 11.1. The fourth-order valence-corrected chi connectivity index (χ4v) is 4.04. The molecule has 2 fully saturated rings. The third-order valence-electron chi connectivity index (χ3n) is 3.81. The highest BCUT2D eigenvalue weighted by Gasteiger charge is 2.49. The van der Waals surface area contributed by atoms with Crippen LogP contribution in [0.5, 0.6) is 0 Å². The lowest BCUT2D eigenvalue weighted by Gasteiger charge is -2.03. The van der Waals surface area contributed by atoms with Crippen molar-refractivity contribution in [2.45, 2.75) is 42.7 Å². The van der Waals surface area contributed by atoms with Gasteiger partial charge in [-0.3, -0.25) is 20.2 Å². The van der Waals surface area contributed by atoms with Crippen LogP contribution < -0.4 is 0 Å². The molecular weight excluding hydrogens is 282 g/mol. The number of benzene rings is 1. The smallest absolute Gasteiger partial charge is 0.258 e. The van der Waals surface area contributed by atoms with Crippen molar-refractivity contribution in [1.29, 1.82) is 0 Å². The summed E-state index contributed by atoms with van der Waals surface area (Å²) >= 11 is 1.36. The van der Waals surface area contributed by atoms with Crippen LogP contribution >= 0.6 is 11.9 Å². The highest BCUT2D eigenvalue weighted by atomic mass is 32.2. The predicted octanol–water partition coefficient (Wildman–Crippen LogP) is 3.14. The zero-order valence-electron chi connectivity index (χ0n) is 10.6. The lowest BCUT2D eigenvalue weighted by molar-refractivity contribution is -0.396. The molecular formula is C12H13N3O4S. The van der Waals surface area contributed by atoms with Gasteiger partial charge in [-0.2, -0.15) is 0 Å². The molecule has 0 N–H and O–H groups in total. The average molecular weight is 295 g/mol. The first-order valence-electron chi connectivity index (χ1n) is 6.47. The molecule has 1 unspecified atom stereocenters. The summed E-state index contributed by atoms with van der Waals surface area (Å²) in [5.41, 5.74) is -0.433. The van der Waals surface area contributed by atoms with E-state index in [2.05, 4.69) is 4.31 Å². The van der Waals surface area contributed by atoms with Crippen molar-refractivity contribution in [2.75, 3.05) is 0 Å². The minimum Gasteiger partial charge on any atom is -0.258 e. The summed E-state index contributed by atoms with van der Waals surface area (Å²) in [5.74, 6) is 0. The Morgan fingerprint density at radius 2 is 1.75 bits per heavy atom. The minimum absolute atomic E-state index is 0.187. The lowest BCUT2D eigenvalue weighted by Crippen LogP contribution is -2.00. The average Bonchev–Trinajstić information content (AvgIpc) is 3.12. The zero-order chi connectivity index (χ0) is 14.3. The SMILES string of the molecule is O=[N+]([O-])c1ccc(SN2[C@@H]3CCCC[C@@H]32)c([N+](=O)[O-])c1. The molecule has 1 aliphatic heterocycles. The van der Waals surface area contributed by atoms with Gasteiger partial charge < -0.3 is 0 Å². The zero-order valence-corrected chi connectivity index (χ0v) is 11.4. The van der Waals surface area contributed by atoms with Gasteiger partial charge in [-0.15, -0.1) is 0 Å². The van der Waals surface area contributed by atoms with Crippen molar-refractivity contribution in [2.24, 2.45) is 0 Å². The van der Waals surface area contributed by atoms with Gasteiger partial charge in [0.2, 0.25) is 0 Å². The molecule has 0 bridgehead atoms. The Balaban J connectivity index is 1.82. The second kappa shape index (κ2) is 5.02. The standard InChI is InChI=1S/C12H13N3O4S/c16-14(17)8-5-6-12(11(7-8)15(18)19)20-13-9-3-1-2-4-10(9)13/h5-7,9-10H,1-4H2/t9-,10+,13?. The lowest BCUT2D eigenvalue weighted by atomic mass is 10.0. The van der Waals surface area contributed by atoms with Crippen LogP contribution in [0.1, 0.15) is 25.7 Å². The summed E-state index contributed by atoms with van der Waals surface area (Å²) < 4.78 is 2.18. The van der Waals surface area contributed by atoms with Gasteiger partial charge in [0.1, 0.15) is 4.90 Å². The van der Waals surface area contributed by atoms with E-state index < -0.39 is 9.85 Å². The first-order valence-corrected chi connectivity index (χ1v) is 7.24. The Kier molecular flexibility index (Phi) is 3.35. The molecule has 3 atom stereocenters. The van der Waals surface area contributed by atoms with Gasteiger partial charge in [-0.05, 0) is 30.9 Å². The third kappa shape index (κ3) is 2.36. The van der Waals surface area contributed by atoms with Gasteiger partial charge in [0.25, 0.3) is 11.4 Å². The summed E-state index contributed by atoms with van der Waals surface area (Å²) in [4.78, 5) is 21.1. The summed E-state index contributed by atoms with van der Waals surface area (Å²) in [6.07, 6.45) is 4.69. The molecule has 0 aromatic heterocycles. The largest absolute Gasteiger partial charge is 0.291 e. The Morgan fingerprint density at radius 1 is 1.10 bits per heavy atom. The number of hydrogen-bond acceptors (Lipinski definition) is 6. The van der Waals surface area contributed by atoms with E-state index in [1.165, 1.54) is 36.9 Å². The molecule has 1 aromatic rings. The Morgan fingerprint density at radius 3 is 2.30 bits per heavy atom. The van der Waals surface area contributed by atoms with Crippen LogP contribution in [0.4, 0.5) is 11.4 Å². The number of nitro benzene ring substituents is 2. The summed E-state index contributed by atoms with van der Waals surface area (Å²) in [7, 11) is 0. The van der Waals surface area contributed by atoms with E-state index in [0.717, 1.165) is 18.9 Å². The van der Waals surface area contributed by atoms with Crippen molar-refractivity contribution in [3.05, 3.63) is 38.4 Å². The van der Waals surface area contributed by atoms with E-state index in [0.29, 0.717) is 17.0 Å². The summed E-state index contributed by atoms with van der Waals surface area (Å²) in [6, 6.07) is 4.87. The quantitative estimate of drug-likeness (QED) is 0.367. The highest BCUT2D eigenvalue weighted by Crippen LogP contribution is 2.49. The first-order chi connectivity index (χ1) is 9.58. The van der Waals surface area contributed by atoms with Crippen molar-refractivity contribution in [3.8, 4) is 0 Å². The molecule has 1 aromatic carbocycles. The van der Waals surface area contributed by atoms with Gasteiger partial charge >= 0.3 is 0 Å². The van der Waals surface area contributed by atoms with Crippen molar-refractivity contribution < 1.29 is 9.85 Å². The Hall–Kier alpha value is -1.67. The number of nitro groups is 2. The van der Waals surface area contributed by atoms with Crippen LogP contribution in [0.2, 0.25) is 0 Å². The number of hydrogen-bond donors (Lipinski definition) is 0. The molecule has 2 aliphatic rings. The van der Waals surface area contributed by atoms with Crippen LogP contribution in [0.3, 0.4) is 0 Å². The molecule has 8 heteroatoms. The molecule has 1 saturated heterocycles. The van der Waals surface area contributed by atoms with E-state index in [1.807, 2.05) is 0 Å². The Bertz CT molecular complexity index is 568. The molecule has 0 spiro atoms. The van der Waals surface area contributed by atoms with E-state index in [1.54, 1.807) is 0 Å². The normalized spacial score (nSPS) is 27.7. The van der Waals surface area contributed by atoms with Gasteiger partial charge in [0, 0.05) is 18.2 Å². The van der Waals surface area contributed by atoms with Gasteiger partial charge in [-0.25, -0.2) is 4.31 Å². The van der Waals surface area contributed by atoms with E-state index in [4.69, 9.17) is 0 Å². The minimum atomic E-state index is -0.612. The molecule has 106 valence electrons. The van der Waals surface area contributed by atoms with Crippen LogP contribution in [-0.4, -0.2) is 26.2 Å². The second-order valence-corrected chi connectivity index (χ2v) is 6.08. The third-order valence-corrected chi connectivity index (χ3v) is 5.11. The van der Waals surface area contributed by atoms with E-state index in [9.17, 15) is 20.2 Å². The fourth-order valence-electron chi connectivity index (χ4n) is 2.74. The van der Waals surface area contributed by atoms with Crippen LogP contribution in [0, 0.1) is 20.2 Å². The molecule has 20 heavy (non-hydrogen) atoms. The monoisotopic (exact) mass is 295 g/mol. The van der Waals surface area contributed by atoms with Gasteiger partial charge in [0.05, 0.1) is 15.9 Å². The number of rotatable bonds is 4. The number of fused-ring (bicyclic) bond motifs is 1. The van der Waals surface area contributed by atoms with E-state index >= 15 is 0 Å². The summed E-state index contributed by atoms with van der Waals surface area (Å²) in [5, 5.41) is 21.8.